The average molecular weight is 234 g/mol. The monoisotopic (exact) mass is 234 g/mol. The van der Waals surface area contributed by atoms with Gasteiger partial charge in [-0.1, -0.05) is 6.92 Å². The van der Waals surface area contributed by atoms with Crippen LogP contribution >= 0.6 is 0 Å². The molecular formula is C12H18N4O. The van der Waals surface area contributed by atoms with Crippen molar-refractivity contribution in [2.24, 2.45) is 0 Å². The molecule has 0 atom stereocenters. The topological polar surface area (TPSA) is 58.1 Å². The molecule has 2 rings (SSSR count). The minimum Gasteiger partial charge on any atom is -0.367 e. The van der Waals surface area contributed by atoms with Gasteiger partial charge in [0.1, 0.15) is 12.1 Å². The molecule has 17 heavy (non-hydrogen) atoms. The maximum atomic E-state index is 11.5. The largest absolute Gasteiger partial charge is 0.367 e. The number of amides is 1. The first-order valence-electron chi connectivity index (χ1n) is 6.10. The molecule has 1 saturated heterocycles. The molecule has 5 heteroatoms. The van der Waals surface area contributed by atoms with E-state index < -0.39 is 0 Å². The van der Waals surface area contributed by atoms with Gasteiger partial charge >= 0.3 is 0 Å². The Kier molecular flexibility index (Phi) is 3.90. The van der Waals surface area contributed by atoms with E-state index in [1.807, 2.05) is 17.9 Å². The third kappa shape index (κ3) is 3.15. The summed E-state index contributed by atoms with van der Waals surface area (Å²) in [5, 5.41) is 3.37. The number of carbonyl (C=O) groups is 1. The normalized spacial score (nSPS) is 16.9. The van der Waals surface area contributed by atoms with Gasteiger partial charge in [-0.15, -0.1) is 0 Å². The number of likely N-dealkylation sites (tertiary alicyclic amines) is 1. The molecule has 1 aliphatic heterocycles. The highest BCUT2D eigenvalue weighted by Crippen LogP contribution is 2.15. The molecule has 1 amide bonds. The Balaban J connectivity index is 1.82. The molecule has 0 saturated carbocycles. The van der Waals surface area contributed by atoms with Crippen molar-refractivity contribution in [1.29, 1.82) is 0 Å². The molecule has 0 aliphatic carbocycles. The summed E-state index contributed by atoms with van der Waals surface area (Å²) in [6, 6.07) is 2.27. The fraction of sp³-hybridized carbons (Fsp3) is 0.583. The zero-order valence-electron chi connectivity index (χ0n) is 10.1. The second-order valence-corrected chi connectivity index (χ2v) is 4.25. The molecule has 1 N–H and O–H groups in total. The molecule has 2 heterocycles. The first-order valence-corrected chi connectivity index (χ1v) is 6.10. The minimum atomic E-state index is 0.255. The van der Waals surface area contributed by atoms with Crippen LogP contribution in [0.15, 0.2) is 18.6 Å². The van der Waals surface area contributed by atoms with Crippen LogP contribution in [0.5, 0.6) is 0 Å². The van der Waals surface area contributed by atoms with Gasteiger partial charge in [0.25, 0.3) is 0 Å². The lowest BCUT2D eigenvalue weighted by atomic mass is 10.0. The van der Waals surface area contributed by atoms with E-state index in [0.29, 0.717) is 12.5 Å². The van der Waals surface area contributed by atoms with Gasteiger partial charge < -0.3 is 10.2 Å². The van der Waals surface area contributed by atoms with Crippen LogP contribution < -0.4 is 5.32 Å². The highest BCUT2D eigenvalue weighted by Gasteiger charge is 2.21. The Bertz CT molecular complexity index is 360. The molecular weight excluding hydrogens is 216 g/mol. The fourth-order valence-corrected chi connectivity index (χ4v) is 2.08. The molecule has 5 nitrogen and oxygen atoms in total. The summed E-state index contributed by atoms with van der Waals surface area (Å²) in [5.41, 5.74) is 0. The number of aromatic nitrogens is 2. The van der Waals surface area contributed by atoms with E-state index in [-0.39, 0.29) is 5.91 Å². The first kappa shape index (κ1) is 11.8. The van der Waals surface area contributed by atoms with E-state index in [4.69, 9.17) is 0 Å². The van der Waals surface area contributed by atoms with Crippen molar-refractivity contribution in [1.82, 2.24) is 14.9 Å². The number of hydrogen-bond donors (Lipinski definition) is 1. The van der Waals surface area contributed by atoms with Crippen molar-refractivity contribution < 1.29 is 4.79 Å². The lowest BCUT2D eigenvalue weighted by molar-refractivity contribution is -0.131. The zero-order chi connectivity index (χ0) is 12.1. The molecule has 0 unspecified atom stereocenters. The summed E-state index contributed by atoms with van der Waals surface area (Å²) in [6.45, 7) is 3.60. The zero-order valence-corrected chi connectivity index (χ0v) is 10.1. The van der Waals surface area contributed by atoms with Gasteiger partial charge in [0, 0.05) is 31.7 Å². The van der Waals surface area contributed by atoms with Gasteiger partial charge in [0.15, 0.2) is 0 Å². The molecule has 0 bridgehead atoms. The quantitative estimate of drug-likeness (QED) is 0.856. The Hall–Kier alpha value is -1.65. The third-order valence-corrected chi connectivity index (χ3v) is 3.08. The number of piperidine rings is 1. The second kappa shape index (κ2) is 5.61. The third-order valence-electron chi connectivity index (χ3n) is 3.08. The molecule has 1 aliphatic rings. The van der Waals surface area contributed by atoms with Gasteiger partial charge in [0.2, 0.25) is 5.91 Å². The van der Waals surface area contributed by atoms with E-state index in [1.54, 1.807) is 6.20 Å². The Morgan fingerprint density at radius 1 is 1.53 bits per heavy atom. The minimum absolute atomic E-state index is 0.255. The van der Waals surface area contributed by atoms with Gasteiger partial charge in [-0.3, -0.25) is 4.79 Å². The van der Waals surface area contributed by atoms with Crippen molar-refractivity contribution in [2.45, 2.75) is 32.2 Å². The predicted octanol–water partition coefficient (Wildman–Crippen LogP) is 1.29. The number of rotatable bonds is 3. The SMILES string of the molecule is CCC(=O)N1CCC(Nc2ccncn2)CC1. The number of carbonyl (C=O) groups excluding carboxylic acids is 1. The smallest absolute Gasteiger partial charge is 0.222 e. The van der Waals surface area contributed by atoms with Crippen molar-refractivity contribution in [3.8, 4) is 0 Å². The molecule has 0 aromatic carbocycles. The number of hydrogen-bond acceptors (Lipinski definition) is 4. The Morgan fingerprint density at radius 3 is 2.88 bits per heavy atom. The lowest BCUT2D eigenvalue weighted by Crippen LogP contribution is -2.42. The van der Waals surface area contributed by atoms with E-state index in [0.717, 1.165) is 31.7 Å². The predicted molar refractivity (Wildman–Crippen MR) is 65.5 cm³/mol. The van der Waals surface area contributed by atoms with Crippen LogP contribution in [-0.4, -0.2) is 39.9 Å². The van der Waals surface area contributed by atoms with Crippen molar-refractivity contribution in [3.63, 3.8) is 0 Å². The van der Waals surface area contributed by atoms with Crippen molar-refractivity contribution >= 4 is 11.7 Å². The Morgan fingerprint density at radius 2 is 2.29 bits per heavy atom. The van der Waals surface area contributed by atoms with E-state index in [1.165, 1.54) is 6.33 Å². The van der Waals surface area contributed by atoms with Crippen LogP contribution in [0.4, 0.5) is 5.82 Å². The molecule has 0 spiro atoms. The summed E-state index contributed by atoms with van der Waals surface area (Å²) < 4.78 is 0. The molecule has 1 aromatic rings. The fourth-order valence-electron chi connectivity index (χ4n) is 2.08. The van der Waals surface area contributed by atoms with Crippen LogP contribution in [0.1, 0.15) is 26.2 Å². The van der Waals surface area contributed by atoms with Gasteiger partial charge in [-0.25, -0.2) is 9.97 Å². The van der Waals surface area contributed by atoms with Crippen LogP contribution in [0.3, 0.4) is 0 Å². The van der Waals surface area contributed by atoms with Crippen LogP contribution in [-0.2, 0) is 4.79 Å². The number of nitrogens with one attached hydrogen (secondary N) is 1. The van der Waals surface area contributed by atoms with Crippen molar-refractivity contribution in [3.05, 3.63) is 18.6 Å². The van der Waals surface area contributed by atoms with Crippen LogP contribution in [0.25, 0.3) is 0 Å². The van der Waals surface area contributed by atoms with Crippen LogP contribution in [0, 0.1) is 0 Å². The summed E-state index contributed by atoms with van der Waals surface area (Å²) in [6.07, 6.45) is 5.83. The number of nitrogens with zero attached hydrogens (tertiary/aromatic N) is 3. The van der Waals surface area contributed by atoms with Gasteiger partial charge in [0.05, 0.1) is 0 Å². The second-order valence-electron chi connectivity index (χ2n) is 4.25. The highest BCUT2D eigenvalue weighted by molar-refractivity contribution is 5.75. The standard InChI is InChI=1S/C12H18N4O/c1-2-12(17)16-7-4-10(5-8-16)15-11-3-6-13-9-14-11/h3,6,9-10H,2,4-5,7-8H2,1H3,(H,13,14,15). The van der Waals surface area contributed by atoms with E-state index >= 15 is 0 Å². The van der Waals surface area contributed by atoms with Gasteiger partial charge in [-0.05, 0) is 18.9 Å². The van der Waals surface area contributed by atoms with Crippen molar-refractivity contribution in [2.75, 3.05) is 18.4 Å². The summed E-state index contributed by atoms with van der Waals surface area (Å²) >= 11 is 0. The highest BCUT2D eigenvalue weighted by atomic mass is 16.2. The van der Waals surface area contributed by atoms with Crippen LogP contribution in [0.2, 0.25) is 0 Å². The van der Waals surface area contributed by atoms with E-state index in [2.05, 4.69) is 15.3 Å². The average Bonchev–Trinajstić information content (AvgIpc) is 2.40. The van der Waals surface area contributed by atoms with E-state index in [9.17, 15) is 4.79 Å². The van der Waals surface area contributed by atoms with Gasteiger partial charge in [-0.2, -0.15) is 0 Å². The molecule has 1 fully saturated rings. The summed E-state index contributed by atoms with van der Waals surface area (Å²) in [5.74, 6) is 1.12. The maximum Gasteiger partial charge on any atom is 0.222 e. The maximum absolute atomic E-state index is 11.5. The molecule has 92 valence electrons. The lowest BCUT2D eigenvalue weighted by Gasteiger charge is -2.32. The summed E-state index contributed by atoms with van der Waals surface area (Å²) in [7, 11) is 0. The molecule has 1 aromatic heterocycles. The summed E-state index contributed by atoms with van der Waals surface area (Å²) in [4.78, 5) is 21.5. The molecule has 0 radical (unpaired) electrons. The Labute approximate surface area is 101 Å². The number of anilines is 1. The first-order chi connectivity index (χ1) is 8.29.